The Bertz CT molecular complexity index is 1040. The number of hydrogen-bond acceptors (Lipinski definition) is 8. The summed E-state index contributed by atoms with van der Waals surface area (Å²) in [6.07, 6.45) is 2.25. The van der Waals surface area contributed by atoms with Crippen LogP contribution < -0.4 is 26.8 Å². The molecule has 2 heterocycles. The molecule has 1 saturated carbocycles. The Morgan fingerprint density at radius 3 is 2.65 bits per heavy atom. The number of fused-ring (bicyclic) bond motifs is 1. The van der Waals surface area contributed by atoms with Gasteiger partial charge in [0.2, 0.25) is 0 Å². The Hall–Kier alpha value is -3.24. The first-order valence-electron chi connectivity index (χ1n) is 7.97. The van der Waals surface area contributed by atoms with E-state index in [0.29, 0.717) is 29.4 Å². The number of hydrazine groups is 1. The SMILES string of the molecule is CN1c2c(c(=O)n(C3CC3)c(=O)n2-c2cccc(NO)c2)C([O-])=CN1O. The van der Waals surface area contributed by atoms with Gasteiger partial charge in [0.25, 0.3) is 5.56 Å². The molecule has 2 aliphatic rings. The van der Waals surface area contributed by atoms with Gasteiger partial charge >= 0.3 is 5.69 Å². The van der Waals surface area contributed by atoms with Crippen molar-refractivity contribution in [2.24, 2.45) is 0 Å². The Labute approximate surface area is 146 Å². The largest absolute Gasteiger partial charge is 0.871 e. The molecule has 0 spiro atoms. The molecule has 0 atom stereocenters. The van der Waals surface area contributed by atoms with Crippen LogP contribution in [-0.2, 0) is 0 Å². The van der Waals surface area contributed by atoms with Gasteiger partial charge in [-0.25, -0.2) is 14.4 Å². The molecule has 3 N–H and O–H groups in total. The molecule has 1 aliphatic heterocycles. The zero-order valence-electron chi connectivity index (χ0n) is 13.8. The van der Waals surface area contributed by atoms with Crippen LogP contribution in [0.4, 0.5) is 11.5 Å². The van der Waals surface area contributed by atoms with Crippen molar-refractivity contribution in [2.45, 2.75) is 18.9 Å². The molecule has 0 saturated heterocycles. The number of benzene rings is 1. The summed E-state index contributed by atoms with van der Waals surface area (Å²) in [5.74, 6) is -0.729. The maximum atomic E-state index is 13.1. The first kappa shape index (κ1) is 16.2. The molecular weight excluding hydrogens is 342 g/mol. The topological polar surface area (TPSA) is 126 Å². The molecule has 2 aromatic rings. The fourth-order valence-electron chi connectivity index (χ4n) is 3.09. The molecule has 10 nitrogen and oxygen atoms in total. The molecule has 26 heavy (non-hydrogen) atoms. The fraction of sp³-hybridized carbons (Fsp3) is 0.250. The van der Waals surface area contributed by atoms with E-state index in [4.69, 9.17) is 5.21 Å². The lowest BCUT2D eigenvalue weighted by molar-refractivity contribution is -0.248. The second-order valence-electron chi connectivity index (χ2n) is 6.22. The highest BCUT2D eigenvalue weighted by atomic mass is 16.5. The van der Waals surface area contributed by atoms with Crippen molar-refractivity contribution in [1.82, 2.24) is 14.3 Å². The maximum Gasteiger partial charge on any atom is 0.337 e. The second-order valence-corrected chi connectivity index (χ2v) is 6.22. The molecule has 10 heteroatoms. The zero-order chi connectivity index (χ0) is 18.6. The number of hydrogen-bond donors (Lipinski definition) is 3. The van der Waals surface area contributed by atoms with Gasteiger partial charge in [-0.15, -0.1) is 0 Å². The van der Waals surface area contributed by atoms with Gasteiger partial charge in [-0.3, -0.25) is 25.3 Å². The van der Waals surface area contributed by atoms with Crippen LogP contribution in [0.15, 0.2) is 40.1 Å². The van der Waals surface area contributed by atoms with Crippen LogP contribution >= 0.6 is 0 Å². The van der Waals surface area contributed by atoms with Crippen molar-refractivity contribution in [1.29, 1.82) is 0 Å². The van der Waals surface area contributed by atoms with E-state index < -0.39 is 17.0 Å². The van der Waals surface area contributed by atoms with E-state index in [1.165, 1.54) is 17.7 Å². The maximum absolute atomic E-state index is 13.1. The Morgan fingerprint density at radius 1 is 1.27 bits per heavy atom. The molecule has 4 rings (SSSR count). The van der Waals surface area contributed by atoms with Gasteiger partial charge in [-0.1, -0.05) is 11.8 Å². The Morgan fingerprint density at radius 2 is 2.00 bits per heavy atom. The summed E-state index contributed by atoms with van der Waals surface area (Å²) in [5.41, 5.74) is 1.18. The molecule has 1 aromatic heterocycles. The Kier molecular flexibility index (Phi) is 3.53. The molecule has 0 amide bonds. The summed E-state index contributed by atoms with van der Waals surface area (Å²) in [5, 5.41) is 33.2. The molecule has 136 valence electrons. The standard InChI is InChI=1S/C16H17N5O5/c1-18-14-13(12(22)8-19(18)26)15(23)21(10-5-6-10)16(24)20(14)11-4-2-3-9(7-11)17-25/h2-4,7-8,10,17,22,25-26H,5-6H2,1H3/p-1. The molecule has 1 aliphatic carbocycles. The summed E-state index contributed by atoms with van der Waals surface area (Å²) in [4.78, 5) is 25.9. The molecule has 0 radical (unpaired) electrons. The predicted molar refractivity (Wildman–Crippen MR) is 90.0 cm³/mol. The van der Waals surface area contributed by atoms with Gasteiger partial charge in [0.1, 0.15) is 5.82 Å². The van der Waals surface area contributed by atoms with Crippen molar-refractivity contribution < 1.29 is 15.5 Å². The van der Waals surface area contributed by atoms with Gasteiger partial charge < -0.3 is 5.11 Å². The quantitative estimate of drug-likeness (QED) is 0.647. The first-order valence-corrected chi connectivity index (χ1v) is 7.97. The van der Waals surface area contributed by atoms with Crippen molar-refractivity contribution in [2.75, 3.05) is 17.5 Å². The highest BCUT2D eigenvalue weighted by molar-refractivity contribution is 5.72. The average Bonchev–Trinajstić information content (AvgIpc) is 3.44. The van der Waals surface area contributed by atoms with Gasteiger partial charge in [-0.05, 0) is 31.0 Å². The Balaban J connectivity index is 2.12. The van der Waals surface area contributed by atoms with Crippen LogP contribution in [0, 0.1) is 0 Å². The van der Waals surface area contributed by atoms with E-state index in [-0.39, 0.29) is 17.4 Å². The van der Waals surface area contributed by atoms with E-state index in [0.717, 1.165) is 15.8 Å². The van der Waals surface area contributed by atoms with Crippen molar-refractivity contribution in [3.8, 4) is 5.69 Å². The lowest BCUT2D eigenvalue weighted by Crippen LogP contribution is -2.49. The summed E-state index contributed by atoms with van der Waals surface area (Å²) in [6, 6.07) is 6.03. The van der Waals surface area contributed by atoms with Gasteiger partial charge in [0.15, 0.2) is 0 Å². The van der Waals surface area contributed by atoms with Gasteiger partial charge in [0.05, 0.1) is 16.9 Å². The molecule has 0 unspecified atom stereocenters. The average molecular weight is 358 g/mol. The number of nitrogens with zero attached hydrogens (tertiary/aromatic N) is 4. The summed E-state index contributed by atoms with van der Waals surface area (Å²) < 4.78 is 2.27. The van der Waals surface area contributed by atoms with Crippen LogP contribution in [0.25, 0.3) is 11.4 Å². The minimum absolute atomic E-state index is 0.0398. The number of aromatic nitrogens is 2. The van der Waals surface area contributed by atoms with Crippen molar-refractivity contribution >= 4 is 17.3 Å². The minimum atomic E-state index is -0.690. The highest BCUT2D eigenvalue weighted by Crippen LogP contribution is 2.34. The van der Waals surface area contributed by atoms with E-state index in [1.54, 1.807) is 18.2 Å². The lowest BCUT2D eigenvalue weighted by atomic mass is 10.2. The smallest absolute Gasteiger partial charge is 0.337 e. The van der Waals surface area contributed by atoms with Crippen molar-refractivity contribution in [3.63, 3.8) is 0 Å². The second kappa shape index (κ2) is 5.64. The first-order chi connectivity index (χ1) is 12.4. The fourth-order valence-corrected chi connectivity index (χ4v) is 3.09. The van der Waals surface area contributed by atoms with Crippen LogP contribution in [0.3, 0.4) is 0 Å². The number of rotatable bonds is 3. The van der Waals surface area contributed by atoms with Gasteiger partial charge in [0, 0.05) is 19.3 Å². The molecular formula is C16H16N5O5-. The monoisotopic (exact) mass is 358 g/mol. The number of hydroxylamine groups is 1. The van der Waals surface area contributed by atoms with Crippen LogP contribution in [0.2, 0.25) is 0 Å². The van der Waals surface area contributed by atoms with E-state index in [1.807, 2.05) is 5.48 Å². The molecule has 1 aromatic carbocycles. The zero-order valence-corrected chi connectivity index (χ0v) is 13.8. The van der Waals surface area contributed by atoms with E-state index >= 15 is 0 Å². The van der Waals surface area contributed by atoms with E-state index in [9.17, 15) is 19.9 Å². The number of nitrogens with one attached hydrogen (secondary N) is 1. The predicted octanol–water partition coefficient (Wildman–Crippen LogP) is -0.150. The van der Waals surface area contributed by atoms with Crippen LogP contribution in [0.1, 0.15) is 24.4 Å². The molecule has 1 fully saturated rings. The normalized spacial score (nSPS) is 16.3. The third kappa shape index (κ3) is 2.27. The van der Waals surface area contributed by atoms with Crippen LogP contribution in [-0.4, -0.2) is 31.8 Å². The highest BCUT2D eigenvalue weighted by Gasteiger charge is 2.33. The summed E-state index contributed by atoms with van der Waals surface area (Å²) >= 11 is 0. The molecule has 0 bridgehead atoms. The minimum Gasteiger partial charge on any atom is -0.871 e. The summed E-state index contributed by atoms with van der Waals surface area (Å²) in [6.45, 7) is 0. The third-order valence-electron chi connectivity index (χ3n) is 4.50. The van der Waals surface area contributed by atoms with Crippen molar-refractivity contribution in [3.05, 3.63) is 56.9 Å². The third-order valence-corrected chi connectivity index (χ3v) is 4.50. The lowest BCUT2D eigenvalue weighted by Gasteiger charge is -2.36. The van der Waals surface area contributed by atoms with E-state index in [2.05, 4.69) is 0 Å². The van der Waals surface area contributed by atoms with Crippen LogP contribution in [0.5, 0.6) is 0 Å². The van der Waals surface area contributed by atoms with Gasteiger partial charge in [-0.2, -0.15) is 5.17 Å². The number of anilines is 2. The summed E-state index contributed by atoms with van der Waals surface area (Å²) in [7, 11) is 1.42.